The molecule has 1 saturated carbocycles. The van der Waals surface area contributed by atoms with Gasteiger partial charge in [0.15, 0.2) is 0 Å². The van der Waals surface area contributed by atoms with Crippen LogP contribution in [0, 0.1) is 11.2 Å². The Labute approximate surface area is 107 Å². The molecular weight excluding hydrogens is 237 g/mol. The Hall–Kier alpha value is -0.600. The molecule has 0 aliphatic heterocycles. The minimum absolute atomic E-state index is 0.211. The van der Waals surface area contributed by atoms with E-state index < -0.39 is 0 Å². The van der Waals surface area contributed by atoms with Crippen LogP contribution in [0.3, 0.4) is 0 Å². The number of hydrogen-bond donors (Lipinski definition) is 1. The Morgan fingerprint density at radius 2 is 2.18 bits per heavy atom. The zero-order valence-corrected chi connectivity index (χ0v) is 11.0. The van der Waals surface area contributed by atoms with Gasteiger partial charge in [0.1, 0.15) is 5.82 Å². The van der Waals surface area contributed by atoms with Crippen molar-refractivity contribution in [1.82, 2.24) is 5.32 Å². The number of nitrogens with one attached hydrogen (secondary N) is 1. The average molecular weight is 256 g/mol. The summed E-state index contributed by atoms with van der Waals surface area (Å²) < 4.78 is 13.3. The van der Waals surface area contributed by atoms with E-state index in [1.807, 2.05) is 6.07 Å². The van der Waals surface area contributed by atoms with Crippen LogP contribution in [0.4, 0.5) is 4.39 Å². The third-order valence-electron chi connectivity index (χ3n) is 3.45. The Morgan fingerprint density at radius 1 is 1.41 bits per heavy atom. The number of hydrogen-bond acceptors (Lipinski definition) is 1. The van der Waals surface area contributed by atoms with E-state index in [-0.39, 0.29) is 10.8 Å². The lowest BCUT2D eigenvalue weighted by Gasteiger charge is -2.16. The van der Waals surface area contributed by atoms with Crippen LogP contribution in [0.5, 0.6) is 0 Å². The molecule has 1 fully saturated rings. The van der Waals surface area contributed by atoms with Crippen LogP contribution in [0.1, 0.15) is 31.7 Å². The Morgan fingerprint density at radius 3 is 2.76 bits per heavy atom. The fourth-order valence-electron chi connectivity index (χ4n) is 2.21. The van der Waals surface area contributed by atoms with E-state index in [0.717, 1.165) is 31.5 Å². The molecule has 17 heavy (non-hydrogen) atoms. The summed E-state index contributed by atoms with van der Waals surface area (Å²) in [5.41, 5.74) is 1.43. The molecule has 0 aromatic heterocycles. The van der Waals surface area contributed by atoms with Gasteiger partial charge in [-0.2, -0.15) is 0 Å². The quantitative estimate of drug-likeness (QED) is 0.763. The molecule has 0 amide bonds. The molecule has 94 valence electrons. The summed E-state index contributed by atoms with van der Waals surface area (Å²) in [7, 11) is 0. The summed E-state index contributed by atoms with van der Waals surface area (Å²) in [6.45, 7) is 4.28. The summed E-state index contributed by atoms with van der Waals surface area (Å²) in [5, 5.41) is 3.68. The molecule has 0 bridgehead atoms. The van der Waals surface area contributed by atoms with Crippen molar-refractivity contribution in [3.05, 3.63) is 34.6 Å². The van der Waals surface area contributed by atoms with Gasteiger partial charge in [0.25, 0.3) is 0 Å². The van der Waals surface area contributed by atoms with Crippen molar-refractivity contribution in [2.75, 3.05) is 13.1 Å². The highest BCUT2D eigenvalue weighted by Gasteiger charge is 2.41. The molecule has 0 saturated heterocycles. The van der Waals surface area contributed by atoms with E-state index in [0.29, 0.717) is 5.41 Å². The molecule has 0 unspecified atom stereocenters. The van der Waals surface area contributed by atoms with Gasteiger partial charge >= 0.3 is 0 Å². The highest BCUT2D eigenvalue weighted by Crippen LogP contribution is 2.47. The summed E-state index contributed by atoms with van der Waals surface area (Å²) >= 11 is 5.68. The average Bonchev–Trinajstić information content (AvgIpc) is 3.04. The Kier molecular flexibility index (Phi) is 4.05. The summed E-state index contributed by atoms with van der Waals surface area (Å²) in [6, 6.07) is 5.16. The zero-order chi connectivity index (χ0) is 12.3. The number of benzene rings is 1. The molecule has 1 aliphatic rings. The molecule has 3 heteroatoms. The van der Waals surface area contributed by atoms with Crippen LogP contribution in [0.25, 0.3) is 0 Å². The highest BCUT2D eigenvalue weighted by atomic mass is 35.5. The van der Waals surface area contributed by atoms with Crippen molar-refractivity contribution < 1.29 is 4.39 Å². The monoisotopic (exact) mass is 255 g/mol. The van der Waals surface area contributed by atoms with Crippen LogP contribution in [-0.2, 0) is 6.42 Å². The van der Waals surface area contributed by atoms with Crippen LogP contribution in [0.15, 0.2) is 18.2 Å². The third kappa shape index (κ3) is 3.43. The summed E-state index contributed by atoms with van der Waals surface area (Å²) in [6.07, 6.45) is 4.60. The smallest absolute Gasteiger partial charge is 0.142 e. The minimum Gasteiger partial charge on any atom is -0.316 e. The van der Waals surface area contributed by atoms with E-state index in [4.69, 9.17) is 11.6 Å². The van der Waals surface area contributed by atoms with E-state index in [9.17, 15) is 4.39 Å². The molecule has 1 aromatic rings. The van der Waals surface area contributed by atoms with Crippen molar-refractivity contribution in [1.29, 1.82) is 0 Å². The van der Waals surface area contributed by atoms with Gasteiger partial charge in [-0.1, -0.05) is 24.6 Å². The molecule has 1 aromatic carbocycles. The standard InChI is InChI=1S/C14H19ClFN/c1-2-7-17-10-14(5-6-14)9-11-3-4-12(15)13(16)8-11/h3-4,8,17H,2,5-7,9-10H2,1H3. The molecule has 2 rings (SSSR count). The fraction of sp³-hybridized carbons (Fsp3) is 0.571. The van der Waals surface area contributed by atoms with Gasteiger partial charge in [0, 0.05) is 6.54 Å². The van der Waals surface area contributed by atoms with Gasteiger partial charge < -0.3 is 5.32 Å². The number of halogens is 2. The van der Waals surface area contributed by atoms with Crippen molar-refractivity contribution in [3.63, 3.8) is 0 Å². The second kappa shape index (κ2) is 5.36. The Balaban J connectivity index is 1.93. The molecule has 0 radical (unpaired) electrons. The van der Waals surface area contributed by atoms with Gasteiger partial charge in [-0.05, 0) is 55.3 Å². The lowest BCUT2D eigenvalue weighted by molar-refractivity contribution is 0.454. The van der Waals surface area contributed by atoms with Gasteiger partial charge in [-0.15, -0.1) is 0 Å². The molecule has 0 heterocycles. The molecule has 0 spiro atoms. The predicted octanol–water partition coefficient (Wildman–Crippen LogP) is 3.80. The van der Waals surface area contributed by atoms with E-state index in [1.165, 1.54) is 12.8 Å². The number of rotatable bonds is 6. The van der Waals surface area contributed by atoms with Crippen LogP contribution in [-0.4, -0.2) is 13.1 Å². The maximum atomic E-state index is 13.3. The van der Waals surface area contributed by atoms with E-state index >= 15 is 0 Å². The SMILES string of the molecule is CCCNCC1(Cc2ccc(Cl)c(F)c2)CC1. The zero-order valence-electron chi connectivity index (χ0n) is 10.2. The first-order valence-electron chi connectivity index (χ1n) is 6.30. The second-order valence-electron chi connectivity index (χ2n) is 5.10. The summed E-state index contributed by atoms with van der Waals surface area (Å²) in [4.78, 5) is 0. The van der Waals surface area contributed by atoms with Gasteiger partial charge in [-0.25, -0.2) is 4.39 Å². The van der Waals surface area contributed by atoms with Crippen LogP contribution >= 0.6 is 11.6 Å². The van der Waals surface area contributed by atoms with E-state index in [1.54, 1.807) is 12.1 Å². The van der Waals surface area contributed by atoms with Gasteiger partial charge in [0.2, 0.25) is 0 Å². The van der Waals surface area contributed by atoms with Gasteiger partial charge in [0.05, 0.1) is 5.02 Å². The topological polar surface area (TPSA) is 12.0 Å². The Bertz CT molecular complexity index is 388. The molecule has 1 aliphatic carbocycles. The van der Waals surface area contributed by atoms with E-state index in [2.05, 4.69) is 12.2 Å². The largest absolute Gasteiger partial charge is 0.316 e. The first-order chi connectivity index (χ1) is 8.15. The lowest BCUT2D eigenvalue weighted by Crippen LogP contribution is -2.26. The maximum absolute atomic E-state index is 13.3. The summed E-state index contributed by atoms with van der Waals surface area (Å²) in [5.74, 6) is -0.304. The molecule has 0 atom stereocenters. The molecule has 1 nitrogen and oxygen atoms in total. The normalized spacial score (nSPS) is 17.1. The van der Waals surface area contributed by atoms with Crippen molar-refractivity contribution in [2.24, 2.45) is 5.41 Å². The first kappa shape index (κ1) is 12.8. The molecular formula is C14H19ClFN. The fourth-order valence-corrected chi connectivity index (χ4v) is 2.32. The third-order valence-corrected chi connectivity index (χ3v) is 3.75. The first-order valence-corrected chi connectivity index (χ1v) is 6.68. The minimum atomic E-state index is -0.304. The predicted molar refractivity (Wildman–Crippen MR) is 69.9 cm³/mol. The van der Waals surface area contributed by atoms with Gasteiger partial charge in [-0.3, -0.25) is 0 Å². The highest BCUT2D eigenvalue weighted by molar-refractivity contribution is 6.30. The second-order valence-corrected chi connectivity index (χ2v) is 5.51. The van der Waals surface area contributed by atoms with Crippen LogP contribution < -0.4 is 5.32 Å². The molecule has 1 N–H and O–H groups in total. The lowest BCUT2D eigenvalue weighted by atomic mass is 9.96. The maximum Gasteiger partial charge on any atom is 0.142 e. The van der Waals surface area contributed by atoms with Crippen molar-refractivity contribution in [2.45, 2.75) is 32.6 Å². The van der Waals surface area contributed by atoms with Crippen molar-refractivity contribution >= 4 is 11.6 Å². The van der Waals surface area contributed by atoms with Crippen LogP contribution in [0.2, 0.25) is 5.02 Å². The van der Waals surface area contributed by atoms with Crippen molar-refractivity contribution in [3.8, 4) is 0 Å².